The van der Waals surface area contributed by atoms with Crippen molar-refractivity contribution in [1.82, 2.24) is 4.98 Å². The first kappa shape index (κ1) is 21.1. The molecule has 2 aromatic carbocycles. The highest BCUT2D eigenvalue weighted by Crippen LogP contribution is 2.40. The maximum Gasteiger partial charge on any atom is 0.197 e. The van der Waals surface area contributed by atoms with Crippen molar-refractivity contribution in [1.29, 1.82) is 0 Å². The largest absolute Gasteiger partial charge is 0.448 e. The Hall–Kier alpha value is -2.16. The van der Waals surface area contributed by atoms with Crippen LogP contribution < -0.4 is 5.73 Å². The van der Waals surface area contributed by atoms with Gasteiger partial charge in [-0.05, 0) is 49.1 Å². The summed E-state index contributed by atoms with van der Waals surface area (Å²) in [6.07, 6.45) is 3.29. The number of aliphatic hydroxyl groups is 3. The van der Waals surface area contributed by atoms with Crippen LogP contribution in [-0.2, 0) is 0 Å². The predicted octanol–water partition coefficient (Wildman–Crippen LogP) is 3.48. The Morgan fingerprint density at radius 2 is 1.63 bits per heavy atom. The van der Waals surface area contributed by atoms with Gasteiger partial charge in [0, 0.05) is 21.3 Å². The number of aromatic nitrogens is 1. The average molecular weight is 427 g/mol. The Morgan fingerprint density at radius 3 is 2.20 bits per heavy atom. The van der Waals surface area contributed by atoms with Crippen molar-refractivity contribution in [3.63, 3.8) is 0 Å². The number of benzene rings is 2. The standard InChI is InChI=1S/C23H26N2O4S/c24-23(13-26,14-27)11-21(28)16-5-9-19(10-6-16)30-18-7-3-15(4-8-18)20-12-29-22(25-20)17-1-2-17/h3-10,12,17,21,26-28H,1-2,11,13-14,24H2. The molecule has 158 valence electrons. The summed E-state index contributed by atoms with van der Waals surface area (Å²) >= 11 is 1.62. The lowest BCUT2D eigenvalue weighted by atomic mass is 9.92. The molecular weight excluding hydrogens is 400 g/mol. The molecule has 7 heteroatoms. The number of nitrogens with two attached hydrogens (primary N) is 1. The minimum atomic E-state index is -1.20. The molecule has 1 aromatic heterocycles. The zero-order chi connectivity index (χ0) is 21.1. The minimum Gasteiger partial charge on any atom is -0.448 e. The van der Waals surface area contributed by atoms with Crippen LogP contribution in [0.5, 0.6) is 0 Å². The molecule has 1 heterocycles. The van der Waals surface area contributed by atoms with Crippen LogP contribution >= 0.6 is 11.8 Å². The quantitative estimate of drug-likeness (QED) is 0.414. The van der Waals surface area contributed by atoms with Crippen LogP contribution in [-0.4, -0.2) is 39.1 Å². The summed E-state index contributed by atoms with van der Waals surface area (Å²) in [5.41, 5.74) is 7.27. The smallest absolute Gasteiger partial charge is 0.197 e. The molecular formula is C23H26N2O4S. The van der Waals surface area contributed by atoms with Crippen LogP contribution in [0.4, 0.5) is 0 Å². The van der Waals surface area contributed by atoms with Crippen molar-refractivity contribution < 1.29 is 19.7 Å². The third-order valence-corrected chi connectivity index (χ3v) is 6.34. The van der Waals surface area contributed by atoms with Gasteiger partial charge in [-0.25, -0.2) is 4.98 Å². The number of aliphatic hydroxyl groups excluding tert-OH is 3. The third kappa shape index (κ3) is 4.94. The third-order valence-electron chi connectivity index (χ3n) is 5.33. The minimum absolute atomic E-state index is 0.0818. The molecule has 0 saturated heterocycles. The summed E-state index contributed by atoms with van der Waals surface area (Å²) in [5, 5.41) is 29.0. The second-order valence-electron chi connectivity index (χ2n) is 7.94. The number of rotatable bonds is 9. The van der Waals surface area contributed by atoms with Gasteiger partial charge in [0.05, 0.1) is 24.9 Å². The maximum atomic E-state index is 10.4. The lowest BCUT2D eigenvalue weighted by Gasteiger charge is -2.27. The van der Waals surface area contributed by atoms with E-state index in [2.05, 4.69) is 17.1 Å². The summed E-state index contributed by atoms with van der Waals surface area (Å²) < 4.78 is 5.57. The van der Waals surface area contributed by atoms with Crippen molar-refractivity contribution in [3.8, 4) is 11.3 Å². The Kier molecular flexibility index (Phi) is 6.26. The molecule has 3 aromatic rings. The van der Waals surface area contributed by atoms with E-state index in [0.29, 0.717) is 11.5 Å². The Bertz CT molecular complexity index is 964. The number of nitrogens with zero attached hydrogens (tertiary/aromatic N) is 1. The average Bonchev–Trinajstić information content (AvgIpc) is 3.51. The molecule has 0 aliphatic heterocycles. The van der Waals surface area contributed by atoms with Gasteiger partial charge in [-0.2, -0.15) is 0 Å². The van der Waals surface area contributed by atoms with Gasteiger partial charge in [0.25, 0.3) is 0 Å². The van der Waals surface area contributed by atoms with E-state index in [9.17, 15) is 15.3 Å². The molecule has 1 aliphatic carbocycles. The van der Waals surface area contributed by atoms with E-state index in [1.807, 2.05) is 36.4 Å². The van der Waals surface area contributed by atoms with Crippen molar-refractivity contribution >= 4 is 11.8 Å². The van der Waals surface area contributed by atoms with E-state index >= 15 is 0 Å². The van der Waals surface area contributed by atoms with Crippen molar-refractivity contribution in [2.24, 2.45) is 5.73 Å². The molecule has 1 aliphatic rings. The van der Waals surface area contributed by atoms with Gasteiger partial charge >= 0.3 is 0 Å². The molecule has 0 spiro atoms. The first-order valence-corrected chi connectivity index (χ1v) is 10.8. The van der Waals surface area contributed by atoms with Gasteiger partial charge in [-0.1, -0.05) is 36.0 Å². The van der Waals surface area contributed by atoms with E-state index in [-0.39, 0.29) is 19.6 Å². The maximum absolute atomic E-state index is 10.4. The van der Waals surface area contributed by atoms with Crippen LogP contribution in [0.3, 0.4) is 0 Å². The van der Waals surface area contributed by atoms with Crippen LogP contribution in [0.1, 0.15) is 42.7 Å². The molecule has 0 amide bonds. The SMILES string of the molecule is NC(CO)(CO)CC(O)c1ccc(Sc2ccc(-c3coc(C4CC4)n3)cc2)cc1. The Balaban J connectivity index is 1.38. The summed E-state index contributed by atoms with van der Waals surface area (Å²) in [6, 6.07) is 15.7. The zero-order valence-corrected chi connectivity index (χ0v) is 17.4. The molecule has 6 nitrogen and oxygen atoms in total. The van der Waals surface area contributed by atoms with E-state index < -0.39 is 11.6 Å². The van der Waals surface area contributed by atoms with Gasteiger partial charge in [0.15, 0.2) is 5.89 Å². The van der Waals surface area contributed by atoms with Gasteiger partial charge < -0.3 is 25.5 Å². The van der Waals surface area contributed by atoms with Crippen LogP contribution in [0.25, 0.3) is 11.3 Å². The summed E-state index contributed by atoms with van der Waals surface area (Å²) in [5.74, 6) is 1.35. The highest BCUT2D eigenvalue weighted by molar-refractivity contribution is 7.99. The van der Waals surface area contributed by atoms with E-state index in [0.717, 1.165) is 26.9 Å². The van der Waals surface area contributed by atoms with E-state index in [1.165, 1.54) is 12.8 Å². The summed E-state index contributed by atoms with van der Waals surface area (Å²) in [6.45, 7) is -0.776. The fourth-order valence-corrected chi connectivity index (χ4v) is 4.02. The molecule has 30 heavy (non-hydrogen) atoms. The molecule has 1 unspecified atom stereocenters. The molecule has 1 atom stereocenters. The van der Waals surface area contributed by atoms with Crippen LogP contribution in [0, 0.1) is 0 Å². The monoisotopic (exact) mass is 426 g/mol. The molecule has 1 saturated carbocycles. The van der Waals surface area contributed by atoms with Crippen molar-refractivity contribution in [2.45, 2.75) is 46.6 Å². The van der Waals surface area contributed by atoms with Crippen molar-refractivity contribution in [3.05, 3.63) is 66.2 Å². The second-order valence-corrected chi connectivity index (χ2v) is 9.09. The Morgan fingerprint density at radius 1 is 1.03 bits per heavy atom. The predicted molar refractivity (Wildman–Crippen MR) is 115 cm³/mol. The van der Waals surface area contributed by atoms with Crippen molar-refractivity contribution in [2.75, 3.05) is 13.2 Å². The fourth-order valence-electron chi connectivity index (χ4n) is 3.21. The molecule has 1 fully saturated rings. The molecule has 5 N–H and O–H groups in total. The highest BCUT2D eigenvalue weighted by atomic mass is 32.2. The molecule has 0 bridgehead atoms. The second kappa shape index (κ2) is 8.91. The fraction of sp³-hybridized carbons (Fsp3) is 0.348. The van der Waals surface area contributed by atoms with Gasteiger partial charge in [0.1, 0.15) is 12.0 Å². The van der Waals surface area contributed by atoms with Crippen LogP contribution in [0.15, 0.2) is 69.0 Å². The number of hydrogen-bond acceptors (Lipinski definition) is 7. The Labute approximate surface area is 179 Å². The first-order chi connectivity index (χ1) is 14.5. The van der Waals surface area contributed by atoms with E-state index in [1.54, 1.807) is 18.0 Å². The normalized spacial score (nSPS) is 15.3. The lowest BCUT2D eigenvalue weighted by Crippen LogP contribution is -2.48. The number of oxazole rings is 1. The summed E-state index contributed by atoms with van der Waals surface area (Å²) in [4.78, 5) is 6.72. The molecule has 0 radical (unpaired) electrons. The summed E-state index contributed by atoms with van der Waals surface area (Å²) in [7, 11) is 0. The zero-order valence-electron chi connectivity index (χ0n) is 16.6. The van der Waals surface area contributed by atoms with Gasteiger partial charge in [-0.15, -0.1) is 0 Å². The van der Waals surface area contributed by atoms with E-state index in [4.69, 9.17) is 10.2 Å². The van der Waals surface area contributed by atoms with Crippen LogP contribution in [0.2, 0.25) is 0 Å². The lowest BCUT2D eigenvalue weighted by molar-refractivity contribution is 0.0618. The topological polar surface area (TPSA) is 113 Å². The highest BCUT2D eigenvalue weighted by Gasteiger charge is 2.29. The van der Waals surface area contributed by atoms with Gasteiger partial charge in [0.2, 0.25) is 0 Å². The first-order valence-electron chi connectivity index (χ1n) is 10.0. The van der Waals surface area contributed by atoms with Gasteiger partial charge in [-0.3, -0.25) is 0 Å². The number of hydrogen-bond donors (Lipinski definition) is 4. The molecule has 4 rings (SSSR count).